The number of aromatic nitrogens is 1. The molecule has 0 fully saturated rings. The van der Waals surface area contributed by atoms with Gasteiger partial charge in [0, 0.05) is 52.9 Å². The molecule has 6 rings (SSSR count). The second-order valence-corrected chi connectivity index (χ2v) is 8.58. The Hall–Kier alpha value is -3.94. The lowest BCUT2D eigenvalue weighted by atomic mass is 9.99. The Morgan fingerprint density at radius 3 is 2.65 bits per heavy atom. The summed E-state index contributed by atoms with van der Waals surface area (Å²) < 4.78 is 17.1. The van der Waals surface area contributed by atoms with E-state index in [0.29, 0.717) is 58.1 Å². The number of nitrogens with zero attached hydrogens (tertiary/aromatic N) is 2. The van der Waals surface area contributed by atoms with Gasteiger partial charge in [-0.25, -0.2) is 9.59 Å². The highest BCUT2D eigenvalue weighted by molar-refractivity contribution is 6.31. The molecule has 7 nitrogen and oxygen atoms in total. The van der Waals surface area contributed by atoms with Crippen LogP contribution in [0.3, 0.4) is 0 Å². The van der Waals surface area contributed by atoms with E-state index in [1.54, 1.807) is 42.7 Å². The molecule has 4 heterocycles. The molecule has 2 aromatic carbocycles. The first-order valence-electron chi connectivity index (χ1n) is 10.6. The highest BCUT2D eigenvalue weighted by Gasteiger charge is 2.24. The summed E-state index contributed by atoms with van der Waals surface area (Å²) in [6.45, 7) is 1.57. The van der Waals surface area contributed by atoms with E-state index in [9.17, 15) is 9.59 Å². The third-order valence-electron chi connectivity index (χ3n) is 5.90. The molecule has 5 aromatic rings. The lowest BCUT2D eigenvalue weighted by molar-refractivity contribution is 0.0889. The number of fused-ring (bicyclic) bond motifs is 4. The van der Waals surface area contributed by atoms with Crippen LogP contribution in [0.1, 0.15) is 11.1 Å². The van der Waals surface area contributed by atoms with Crippen LogP contribution in [0.25, 0.3) is 33.1 Å². The molecule has 1 aliphatic heterocycles. The fourth-order valence-corrected chi connectivity index (χ4v) is 4.51. The smallest absolute Gasteiger partial charge is 0.344 e. The van der Waals surface area contributed by atoms with Gasteiger partial charge < -0.3 is 13.6 Å². The maximum atomic E-state index is 12.8. The van der Waals surface area contributed by atoms with Gasteiger partial charge in [0.25, 0.3) is 0 Å². The SMILES string of the molecule is O=c1cc(-c2cc3cc(Cl)ccc3oc2=O)c2ccc3c(c2o1)CN(Cc1ccncc1)CO3. The van der Waals surface area contributed by atoms with Crippen molar-refractivity contribution in [3.8, 4) is 16.9 Å². The van der Waals surface area contributed by atoms with E-state index in [2.05, 4.69) is 9.88 Å². The highest BCUT2D eigenvalue weighted by Crippen LogP contribution is 2.36. The molecule has 0 N–H and O–H groups in total. The van der Waals surface area contributed by atoms with Gasteiger partial charge in [0.2, 0.25) is 0 Å². The van der Waals surface area contributed by atoms with Crippen LogP contribution in [-0.2, 0) is 13.1 Å². The predicted octanol–water partition coefficient (Wildman–Crippen LogP) is 4.97. The summed E-state index contributed by atoms with van der Waals surface area (Å²) in [5.41, 5.74) is 2.26. The molecular formula is C26H17ClN2O5. The van der Waals surface area contributed by atoms with Gasteiger partial charge in [0.1, 0.15) is 23.6 Å². The van der Waals surface area contributed by atoms with E-state index in [4.69, 9.17) is 25.2 Å². The summed E-state index contributed by atoms with van der Waals surface area (Å²) in [7, 11) is 0. The van der Waals surface area contributed by atoms with Gasteiger partial charge in [-0.15, -0.1) is 0 Å². The third kappa shape index (κ3) is 3.65. The van der Waals surface area contributed by atoms with Gasteiger partial charge in [0.15, 0.2) is 0 Å². The van der Waals surface area contributed by atoms with E-state index in [1.165, 1.54) is 6.07 Å². The molecule has 8 heteroatoms. The molecule has 0 amide bonds. The molecule has 0 atom stereocenters. The zero-order valence-electron chi connectivity index (χ0n) is 17.8. The number of halogens is 1. The zero-order valence-corrected chi connectivity index (χ0v) is 18.5. The first-order valence-corrected chi connectivity index (χ1v) is 11.0. The van der Waals surface area contributed by atoms with Crippen molar-refractivity contribution in [1.29, 1.82) is 0 Å². The van der Waals surface area contributed by atoms with Crippen molar-refractivity contribution in [3.63, 3.8) is 0 Å². The monoisotopic (exact) mass is 472 g/mol. The van der Waals surface area contributed by atoms with Crippen LogP contribution >= 0.6 is 11.6 Å². The number of rotatable bonds is 3. The summed E-state index contributed by atoms with van der Waals surface area (Å²) in [5, 5.41) is 1.81. The minimum absolute atomic E-state index is 0.262. The average Bonchev–Trinajstić information content (AvgIpc) is 2.84. The van der Waals surface area contributed by atoms with Crippen LogP contribution < -0.4 is 16.0 Å². The van der Waals surface area contributed by atoms with Crippen LogP contribution in [0, 0.1) is 0 Å². The highest BCUT2D eigenvalue weighted by atomic mass is 35.5. The molecule has 0 bridgehead atoms. The van der Waals surface area contributed by atoms with E-state index >= 15 is 0 Å². The average molecular weight is 473 g/mol. The van der Waals surface area contributed by atoms with E-state index in [0.717, 1.165) is 11.1 Å². The Morgan fingerprint density at radius 1 is 0.941 bits per heavy atom. The topological polar surface area (TPSA) is 85.8 Å². The molecular weight excluding hydrogens is 456 g/mol. The largest absolute Gasteiger partial charge is 0.478 e. The molecule has 1 aliphatic rings. The van der Waals surface area contributed by atoms with E-state index in [-0.39, 0.29) is 5.56 Å². The minimum Gasteiger partial charge on any atom is -0.478 e. The Labute approximate surface area is 197 Å². The molecule has 0 radical (unpaired) electrons. The van der Waals surface area contributed by atoms with Gasteiger partial charge in [-0.2, -0.15) is 0 Å². The van der Waals surface area contributed by atoms with Crippen LogP contribution in [0.5, 0.6) is 5.75 Å². The second-order valence-electron chi connectivity index (χ2n) is 8.14. The van der Waals surface area contributed by atoms with Gasteiger partial charge in [0.05, 0.1) is 11.1 Å². The second kappa shape index (κ2) is 8.13. The number of pyridine rings is 1. The van der Waals surface area contributed by atoms with Crippen LogP contribution in [0.2, 0.25) is 5.02 Å². The quantitative estimate of drug-likeness (QED) is 0.343. The van der Waals surface area contributed by atoms with Crippen LogP contribution in [0.15, 0.2) is 85.4 Å². The van der Waals surface area contributed by atoms with Gasteiger partial charge in [-0.05, 0) is 54.1 Å². The lowest BCUT2D eigenvalue weighted by Crippen LogP contribution is -2.31. The molecule has 34 heavy (non-hydrogen) atoms. The molecule has 0 spiro atoms. The Balaban J connectivity index is 1.49. The molecule has 3 aromatic heterocycles. The van der Waals surface area contributed by atoms with Gasteiger partial charge in [-0.3, -0.25) is 9.88 Å². The summed E-state index contributed by atoms with van der Waals surface area (Å²) in [6.07, 6.45) is 3.49. The first kappa shape index (κ1) is 20.7. The van der Waals surface area contributed by atoms with Crippen molar-refractivity contribution in [2.75, 3.05) is 6.73 Å². The fraction of sp³-hybridized carbons (Fsp3) is 0.115. The number of hydrogen-bond acceptors (Lipinski definition) is 7. The van der Waals surface area contributed by atoms with E-state index in [1.807, 2.05) is 18.2 Å². The molecule has 168 valence electrons. The van der Waals surface area contributed by atoms with Gasteiger partial charge in [-0.1, -0.05) is 11.6 Å². The van der Waals surface area contributed by atoms with Crippen molar-refractivity contribution < 1.29 is 13.6 Å². The van der Waals surface area contributed by atoms with Gasteiger partial charge >= 0.3 is 11.3 Å². The normalized spacial score (nSPS) is 13.7. The standard InChI is InChI=1S/C26H17ClN2O5/c27-17-1-3-22-16(9-17)10-20(26(31)33-22)19-11-24(30)34-25-18(19)2-4-23-21(25)13-29(14-32-23)12-15-5-7-28-8-6-15/h1-11H,12-14H2. The fourth-order valence-electron chi connectivity index (χ4n) is 4.33. The number of hydrogen-bond donors (Lipinski definition) is 0. The Bertz CT molecular complexity index is 1680. The Morgan fingerprint density at radius 2 is 1.79 bits per heavy atom. The first-order chi connectivity index (χ1) is 16.5. The van der Waals surface area contributed by atoms with E-state index < -0.39 is 11.3 Å². The van der Waals surface area contributed by atoms with Crippen molar-refractivity contribution in [2.45, 2.75) is 13.1 Å². The number of benzene rings is 2. The molecule has 0 aliphatic carbocycles. The van der Waals surface area contributed by atoms with Crippen LogP contribution in [0.4, 0.5) is 0 Å². The van der Waals surface area contributed by atoms with Crippen molar-refractivity contribution in [2.24, 2.45) is 0 Å². The molecule has 0 saturated heterocycles. The molecule has 0 unspecified atom stereocenters. The summed E-state index contributed by atoms with van der Waals surface area (Å²) >= 11 is 6.12. The van der Waals surface area contributed by atoms with Crippen molar-refractivity contribution >= 4 is 33.5 Å². The summed E-state index contributed by atoms with van der Waals surface area (Å²) in [6, 6.07) is 15.5. The predicted molar refractivity (Wildman–Crippen MR) is 128 cm³/mol. The zero-order chi connectivity index (χ0) is 23.2. The summed E-state index contributed by atoms with van der Waals surface area (Å²) in [5.74, 6) is 0.649. The minimum atomic E-state index is -0.562. The van der Waals surface area contributed by atoms with Crippen molar-refractivity contribution in [3.05, 3.63) is 104 Å². The maximum absolute atomic E-state index is 12.8. The lowest BCUT2D eigenvalue weighted by Gasteiger charge is -2.29. The number of ether oxygens (including phenoxy) is 1. The maximum Gasteiger partial charge on any atom is 0.344 e. The van der Waals surface area contributed by atoms with Crippen molar-refractivity contribution in [1.82, 2.24) is 9.88 Å². The summed E-state index contributed by atoms with van der Waals surface area (Å²) in [4.78, 5) is 31.6. The molecule has 0 saturated carbocycles. The Kier molecular flexibility index (Phi) is 4.94. The van der Waals surface area contributed by atoms with Crippen LogP contribution in [-0.4, -0.2) is 16.6 Å². The third-order valence-corrected chi connectivity index (χ3v) is 6.13.